The monoisotopic (exact) mass is 277 g/mol. The molecule has 0 radical (unpaired) electrons. The van der Waals surface area contributed by atoms with Crippen LogP contribution in [0.2, 0.25) is 0 Å². The maximum absolute atomic E-state index is 11.2. The van der Waals surface area contributed by atoms with Crippen molar-refractivity contribution in [2.45, 2.75) is 40.5 Å². The van der Waals surface area contributed by atoms with Crippen molar-refractivity contribution in [2.75, 3.05) is 46.2 Å². The number of nitrogens with one attached hydrogen (secondary N) is 1. The molecule has 0 aromatic heterocycles. The van der Waals surface area contributed by atoms with Crippen LogP contribution in [0.1, 0.15) is 40.5 Å². The highest BCUT2D eigenvalue weighted by molar-refractivity contribution is 5.75. The predicted octanol–water partition coefficient (Wildman–Crippen LogP) is 2.00. The number of rotatable bonds is 12. The van der Waals surface area contributed by atoms with Gasteiger partial charge in [0.1, 0.15) is 0 Å². The maximum atomic E-state index is 11.2. The van der Waals surface area contributed by atoms with Crippen LogP contribution < -0.4 is 5.32 Å². The van der Waals surface area contributed by atoms with Crippen LogP contribution in [-0.4, -0.2) is 52.1 Å². The molecule has 0 fully saturated rings. The lowest BCUT2D eigenvalue weighted by atomic mass is 10.4. The Morgan fingerprint density at radius 1 is 0.895 bits per heavy atom. The highest BCUT2D eigenvalue weighted by Crippen LogP contribution is 1.85. The summed E-state index contributed by atoms with van der Waals surface area (Å²) >= 11 is 0. The van der Waals surface area contributed by atoms with E-state index in [1.807, 2.05) is 27.7 Å². The zero-order valence-electron chi connectivity index (χ0n) is 13.0. The Morgan fingerprint density at radius 2 is 1.42 bits per heavy atom. The van der Waals surface area contributed by atoms with Crippen molar-refractivity contribution in [2.24, 2.45) is 0 Å². The Kier molecular flexibility index (Phi) is 21.4. The SMILES string of the molecule is CC.CCCNC(=O)CCOCCOCCOCC. The number of amides is 1. The van der Waals surface area contributed by atoms with Crippen LogP contribution in [0.15, 0.2) is 0 Å². The second-order valence-electron chi connectivity index (χ2n) is 3.52. The van der Waals surface area contributed by atoms with E-state index < -0.39 is 0 Å². The number of ether oxygens (including phenoxy) is 3. The Hall–Kier alpha value is -0.650. The van der Waals surface area contributed by atoms with E-state index in [0.717, 1.165) is 13.0 Å². The van der Waals surface area contributed by atoms with E-state index in [4.69, 9.17) is 14.2 Å². The summed E-state index contributed by atoms with van der Waals surface area (Å²) in [4.78, 5) is 11.2. The average molecular weight is 277 g/mol. The van der Waals surface area contributed by atoms with Gasteiger partial charge in [-0.1, -0.05) is 20.8 Å². The van der Waals surface area contributed by atoms with Crippen LogP contribution >= 0.6 is 0 Å². The van der Waals surface area contributed by atoms with Crippen molar-refractivity contribution < 1.29 is 19.0 Å². The summed E-state index contributed by atoms with van der Waals surface area (Å²) in [6, 6.07) is 0. The lowest BCUT2D eigenvalue weighted by molar-refractivity contribution is -0.122. The smallest absolute Gasteiger partial charge is 0.222 e. The van der Waals surface area contributed by atoms with Gasteiger partial charge in [0.05, 0.1) is 33.0 Å². The molecule has 0 rings (SSSR count). The number of carbonyl (C=O) groups is 1. The molecule has 0 heterocycles. The fourth-order valence-electron chi connectivity index (χ4n) is 1.10. The van der Waals surface area contributed by atoms with Crippen LogP contribution in [-0.2, 0) is 19.0 Å². The van der Waals surface area contributed by atoms with Crippen molar-refractivity contribution in [3.05, 3.63) is 0 Å². The first kappa shape index (κ1) is 20.7. The highest BCUT2D eigenvalue weighted by atomic mass is 16.5. The van der Waals surface area contributed by atoms with Gasteiger partial charge in [-0.05, 0) is 13.3 Å². The minimum atomic E-state index is 0.0455. The van der Waals surface area contributed by atoms with Gasteiger partial charge in [-0.3, -0.25) is 4.79 Å². The third-order valence-corrected chi connectivity index (χ3v) is 1.99. The normalized spacial score (nSPS) is 9.68. The van der Waals surface area contributed by atoms with E-state index in [-0.39, 0.29) is 5.91 Å². The van der Waals surface area contributed by atoms with Gasteiger partial charge < -0.3 is 19.5 Å². The molecular formula is C14H31NO4. The van der Waals surface area contributed by atoms with E-state index in [0.29, 0.717) is 46.1 Å². The van der Waals surface area contributed by atoms with Crippen molar-refractivity contribution in [3.8, 4) is 0 Å². The van der Waals surface area contributed by atoms with Gasteiger partial charge in [0.2, 0.25) is 5.91 Å². The third kappa shape index (κ3) is 19.9. The molecule has 0 atom stereocenters. The molecule has 0 unspecified atom stereocenters. The molecule has 0 aliphatic carbocycles. The molecule has 0 aromatic carbocycles. The van der Waals surface area contributed by atoms with Gasteiger partial charge in [-0.2, -0.15) is 0 Å². The topological polar surface area (TPSA) is 56.8 Å². The van der Waals surface area contributed by atoms with Crippen molar-refractivity contribution in [1.29, 1.82) is 0 Å². The first-order chi connectivity index (χ1) is 9.31. The summed E-state index contributed by atoms with van der Waals surface area (Å²) in [7, 11) is 0. The molecular weight excluding hydrogens is 246 g/mol. The summed E-state index contributed by atoms with van der Waals surface area (Å²) in [5.74, 6) is 0.0455. The molecule has 0 bridgehead atoms. The zero-order chi connectivity index (χ0) is 14.8. The standard InChI is InChI=1S/C12H25NO4.C2H6/c1-3-6-13-12(14)5-7-16-10-11-17-9-8-15-4-2;1-2/h3-11H2,1-2H3,(H,13,14);1-2H3. The van der Waals surface area contributed by atoms with E-state index in [1.54, 1.807) is 0 Å². The van der Waals surface area contributed by atoms with Gasteiger partial charge in [0.25, 0.3) is 0 Å². The summed E-state index contributed by atoms with van der Waals surface area (Å²) in [6.07, 6.45) is 1.37. The number of hydrogen-bond acceptors (Lipinski definition) is 4. The van der Waals surface area contributed by atoms with Gasteiger partial charge in [0.15, 0.2) is 0 Å². The summed E-state index contributed by atoms with van der Waals surface area (Å²) in [6.45, 7) is 12.2. The Labute approximate surface area is 118 Å². The largest absolute Gasteiger partial charge is 0.379 e. The highest BCUT2D eigenvalue weighted by Gasteiger charge is 1.99. The first-order valence-electron chi connectivity index (χ1n) is 7.31. The number of carbonyl (C=O) groups excluding carboxylic acids is 1. The van der Waals surface area contributed by atoms with Crippen molar-refractivity contribution >= 4 is 5.91 Å². The quantitative estimate of drug-likeness (QED) is 0.554. The minimum Gasteiger partial charge on any atom is -0.379 e. The number of hydrogen-bond donors (Lipinski definition) is 1. The fourth-order valence-corrected chi connectivity index (χ4v) is 1.10. The van der Waals surface area contributed by atoms with E-state index >= 15 is 0 Å². The first-order valence-corrected chi connectivity index (χ1v) is 7.31. The molecule has 1 N–H and O–H groups in total. The molecule has 5 nitrogen and oxygen atoms in total. The lowest BCUT2D eigenvalue weighted by Crippen LogP contribution is -2.25. The average Bonchev–Trinajstić information content (AvgIpc) is 2.45. The molecule has 0 saturated carbocycles. The fraction of sp³-hybridized carbons (Fsp3) is 0.929. The van der Waals surface area contributed by atoms with Crippen molar-refractivity contribution in [3.63, 3.8) is 0 Å². The van der Waals surface area contributed by atoms with E-state index in [1.165, 1.54) is 0 Å². The van der Waals surface area contributed by atoms with Gasteiger partial charge in [-0.15, -0.1) is 0 Å². The lowest BCUT2D eigenvalue weighted by Gasteiger charge is -2.06. The molecule has 19 heavy (non-hydrogen) atoms. The van der Waals surface area contributed by atoms with Crippen molar-refractivity contribution in [1.82, 2.24) is 5.32 Å². The van der Waals surface area contributed by atoms with Crippen LogP contribution in [0.4, 0.5) is 0 Å². The Morgan fingerprint density at radius 3 is 1.95 bits per heavy atom. The molecule has 1 amide bonds. The third-order valence-electron chi connectivity index (χ3n) is 1.99. The second kappa shape index (κ2) is 19.7. The van der Waals surface area contributed by atoms with Gasteiger partial charge in [0, 0.05) is 19.6 Å². The Balaban J connectivity index is 0. The molecule has 5 heteroatoms. The summed E-state index contributed by atoms with van der Waals surface area (Å²) in [5.41, 5.74) is 0. The van der Waals surface area contributed by atoms with Crippen LogP contribution in [0.25, 0.3) is 0 Å². The Bertz CT molecular complexity index is 177. The second-order valence-corrected chi connectivity index (χ2v) is 3.52. The molecule has 0 aliphatic rings. The summed E-state index contributed by atoms with van der Waals surface area (Å²) < 4.78 is 15.6. The molecule has 0 aliphatic heterocycles. The molecule has 0 aromatic rings. The zero-order valence-corrected chi connectivity index (χ0v) is 13.0. The molecule has 116 valence electrons. The van der Waals surface area contributed by atoms with Crippen LogP contribution in [0.3, 0.4) is 0 Å². The molecule has 0 saturated heterocycles. The van der Waals surface area contributed by atoms with Crippen LogP contribution in [0, 0.1) is 0 Å². The molecule has 0 spiro atoms. The van der Waals surface area contributed by atoms with Gasteiger partial charge in [-0.25, -0.2) is 0 Å². The van der Waals surface area contributed by atoms with E-state index in [9.17, 15) is 4.79 Å². The van der Waals surface area contributed by atoms with Gasteiger partial charge >= 0.3 is 0 Å². The van der Waals surface area contributed by atoms with E-state index in [2.05, 4.69) is 5.32 Å². The minimum absolute atomic E-state index is 0.0455. The predicted molar refractivity (Wildman–Crippen MR) is 77.4 cm³/mol. The van der Waals surface area contributed by atoms with Crippen LogP contribution in [0.5, 0.6) is 0 Å². The maximum Gasteiger partial charge on any atom is 0.222 e. The summed E-state index contributed by atoms with van der Waals surface area (Å²) in [5, 5.41) is 2.79.